The van der Waals surface area contributed by atoms with E-state index < -0.39 is 0 Å². The number of carbonyl (C=O) groups is 1. The Bertz CT molecular complexity index is 456. The fourth-order valence-electron chi connectivity index (χ4n) is 2.13. The highest BCUT2D eigenvalue weighted by Crippen LogP contribution is 2.17. The molecule has 5 heteroatoms. The number of amides is 1. The molecule has 0 bridgehead atoms. The number of benzene rings is 1. The van der Waals surface area contributed by atoms with E-state index in [9.17, 15) is 4.79 Å². The van der Waals surface area contributed by atoms with E-state index in [2.05, 4.69) is 5.32 Å². The Morgan fingerprint density at radius 3 is 2.74 bits per heavy atom. The number of nitrogens with two attached hydrogens (primary N) is 1. The maximum Gasteiger partial charge on any atom is 0.244 e. The number of morpholine rings is 1. The zero-order valence-corrected chi connectivity index (χ0v) is 11.5. The molecule has 0 aliphatic carbocycles. The summed E-state index contributed by atoms with van der Waals surface area (Å²) >= 11 is 0. The third-order valence-electron chi connectivity index (χ3n) is 3.35. The third-order valence-corrected chi connectivity index (χ3v) is 3.35. The molecule has 1 atom stereocenters. The van der Waals surface area contributed by atoms with Crippen LogP contribution >= 0.6 is 0 Å². The number of nitrogens with one attached hydrogen (secondary N) is 1. The summed E-state index contributed by atoms with van der Waals surface area (Å²) in [5, 5.41) is 3.22. The second kappa shape index (κ2) is 5.93. The van der Waals surface area contributed by atoms with Crippen LogP contribution in [-0.2, 0) is 9.53 Å². The van der Waals surface area contributed by atoms with Crippen molar-refractivity contribution in [1.82, 2.24) is 4.90 Å². The van der Waals surface area contributed by atoms with Gasteiger partial charge in [-0.05, 0) is 37.6 Å². The maximum absolute atomic E-state index is 12.2. The Kier molecular flexibility index (Phi) is 4.27. The molecule has 19 heavy (non-hydrogen) atoms. The van der Waals surface area contributed by atoms with Crippen LogP contribution in [0.15, 0.2) is 18.2 Å². The molecule has 1 saturated heterocycles. The molecule has 1 heterocycles. The molecule has 0 aromatic heterocycles. The minimum atomic E-state index is -0.249. The number of nitrogen functional groups attached to an aromatic ring is 1. The standard InChI is InChI=1S/C14H21N3O2/c1-10-9-12(3-4-13(10)15)16-11(2)14(18)17-5-7-19-8-6-17/h3-4,9,11,16H,5-8,15H2,1-2H3. The van der Waals surface area contributed by atoms with Crippen LogP contribution in [0.25, 0.3) is 0 Å². The maximum atomic E-state index is 12.2. The molecule has 1 amide bonds. The average Bonchev–Trinajstić information content (AvgIpc) is 2.43. The van der Waals surface area contributed by atoms with Crippen molar-refractivity contribution in [1.29, 1.82) is 0 Å². The van der Waals surface area contributed by atoms with Gasteiger partial charge in [0.2, 0.25) is 5.91 Å². The number of nitrogens with zero attached hydrogens (tertiary/aromatic N) is 1. The molecule has 2 rings (SSSR count). The van der Waals surface area contributed by atoms with E-state index >= 15 is 0 Å². The first kappa shape index (κ1) is 13.7. The lowest BCUT2D eigenvalue weighted by molar-refractivity contribution is -0.135. The molecular formula is C14H21N3O2. The summed E-state index contributed by atoms with van der Waals surface area (Å²) in [6.45, 7) is 6.43. The molecule has 1 aliphatic heterocycles. The highest BCUT2D eigenvalue weighted by Gasteiger charge is 2.22. The Morgan fingerprint density at radius 2 is 2.11 bits per heavy atom. The molecular weight excluding hydrogens is 242 g/mol. The van der Waals surface area contributed by atoms with Crippen LogP contribution in [0.2, 0.25) is 0 Å². The number of anilines is 2. The number of rotatable bonds is 3. The van der Waals surface area contributed by atoms with Gasteiger partial charge in [-0.1, -0.05) is 0 Å². The minimum Gasteiger partial charge on any atom is -0.399 e. The van der Waals surface area contributed by atoms with Gasteiger partial charge in [0, 0.05) is 24.5 Å². The molecule has 1 unspecified atom stereocenters. The quantitative estimate of drug-likeness (QED) is 0.805. The summed E-state index contributed by atoms with van der Waals surface area (Å²) in [7, 11) is 0. The highest BCUT2D eigenvalue weighted by atomic mass is 16.5. The SMILES string of the molecule is Cc1cc(NC(C)C(=O)N2CCOCC2)ccc1N. The largest absolute Gasteiger partial charge is 0.399 e. The van der Waals surface area contributed by atoms with Crippen molar-refractivity contribution in [2.24, 2.45) is 0 Å². The molecule has 104 valence electrons. The van der Waals surface area contributed by atoms with E-state index in [-0.39, 0.29) is 11.9 Å². The minimum absolute atomic E-state index is 0.109. The fraction of sp³-hybridized carbons (Fsp3) is 0.500. The number of hydrogen-bond acceptors (Lipinski definition) is 4. The summed E-state index contributed by atoms with van der Waals surface area (Å²) in [6.07, 6.45) is 0. The van der Waals surface area contributed by atoms with Crippen LogP contribution < -0.4 is 11.1 Å². The van der Waals surface area contributed by atoms with Crippen molar-refractivity contribution in [2.75, 3.05) is 37.4 Å². The monoisotopic (exact) mass is 263 g/mol. The topological polar surface area (TPSA) is 67.6 Å². The first-order chi connectivity index (χ1) is 9.08. The van der Waals surface area contributed by atoms with Crippen molar-refractivity contribution in [2.45, 2.75) is 19.9 Å². The van der Waals surface area contributed by atoms with Gasteiger partial charge in [-0.2, -0.15) is 0 Å². The predicted molar refractivity (Wildman–Crippen MR) is 76.1 cm³/mol. The van der Waals surface area contributed by atoms with Crippen LogP contribution in [0.1, 0.15) is 12.5 Å². The summed E-state index contributed by atoms with van der Waals surface area (Å²) in [4.78, 5) is 14.1. The van der Waals surface area contributed by atoms with E-state index in [4.69, 9.17) is 10.5 Å². The number of hydrogen-bond donors (Lipinski definition) is 2. The first-order valence-electron chi connectivity index (χ1n) is 6.57. The number of aryl methyl sites for hydroxylation is 1. The highest BCUT2D eigenvalue weighted by molar-refractivity contribution is 5.84. The molecule has 5 nitrogen and oxygen atoms in total. The average molecular weight is 263 g/mol. The van der Waals surface area contributed by atoms with Crippen LogP contribution in [-0.4, -0.2) is 43.2 Å². The lowest BCUT2D eigenvalue weighted by Gasteiger charge is -2.29. The van der Waals surface area contributed by atoms with Gasteiger partial charge in [-0.15, -0.1) is 0 Å². The van der Waals surface area contributed by atoms with Crippen LogP contribution in [0.3, 0.4) is 0 Å². The Morgan fingerprint density at radius 1 is 1.42 bits per heavy atom. The molecule has 1 fully saturated rings. The number of carbonyl (C=O) groups excluding carboxylic acids is 1. The zero-order valence-electron chi connectivity index (χ0n) is 11.5. The third kappa shape index (κ3) is 3.38. The predicted octanol–water partition coefficient (Wildman–Crippen LogP) is 1.24. The van der Waals surface area contributed by atoms with E-state index in [1.165, 1.54) is 0 Å². The van der Waals surface area contributed by atoms with Crippen molar-refractivity contribution in [3.8, 4) is 0 Å². The fourth-order valence-corrected chi connectivity index (χ4v) is 2.13. The van der Waals surface area contributed by atoms with E-state index in [0.29, 0.717) is 26.3 Å². The van der Waals surface area contributed by atoms with E-state index in [0.717, 1.165) is 16.9 Å². The molecule has 1 aromatic rings. The lowest BCUT2D eigenvalue weighted by atomic mass is 10.1. The second-order valence-corrected chi connectivity index (χ2v) is 4.88. The summed E-state index contributed by atoms with van der Waals surface area (Å²) < 4.78 is 5.25. The van der Waals surface area contributed by atoms with Crippen molar-refractivity contribution in [3.63, 3.8) is 0 Å². The van der Waals surface area contributed by atoms with Crippen molar-refractivity contribution < 1.29 is 9.53 Å². The van der Waals surface area contributed by atoms with Gasteiger partial charge < -0.3 is 20.7 Å². The molecule has 3 N–H and O–H groups in total. The van der Waals surface area contributed by atoms with Crippen molar-refractivity contribution in [3.05, 3.63) is 23.8 Å². The summed E-state index contributed by atoms with van der Waals surface area (Å²) in [5.41, 5.74) is 8.47. The van der Waals surface area contributed by atoms with Crippen LogP contribution in [0.5, 0.6) is 0 Å². The van der Waals surface area contributed by atoms with Crippen LogP contribution in [0, 0.1) is 6.92 Å². The summed E-state index contributed by atoms with van der Waals surface area (Å²) in [5.74, 6) is 0.109. The van der Waals surface area contributed by atoms with E-state index in [1.54, 1.807) is 0 Å². The van der Waals surface area contributed by atoms with Gasteiger partial charge in [0.05, 0.1) is 13.2 Å². The molecule has 0 spiro atoms. The summed E-state index contributed by atoms with van der Waals surface area (Å²) in [6, 6.07) is 5.45. The molecule has 0 radical (unpaired) electrons. The number of ether oxygens (including phenoxy) is 1. The van der Waals surface area contributed by atoms with Gasteiger partial charge in [-0.25, -0.2) is 0 Å². The van der Waals surface area contributed by atoms with Gasteiger partial charge in [0.15, 0.2) is 0 Å². The van der Waals surface area contributed by atoms with Gasteiger partial charge in [-0.3, -0.25) is 4.79 Å². The molecule has 0 saturated carbocycles. The Balaban J connectivity index is 1.97. The first-order valence-corrected chi connectivity index (χ1v) is 6.57. The Labute approximate surface area is 113 Å². The van der Waals surface area contributed by atoms with Crippen LogP contribution in [0.4, 0.5) is 11.4 Å². The lowest BCUT2D eigenvalue weighted by Crippen LogP contribution is -2.47. The van der Waals surface area contributed by atoms with Gasteiger partial charge in [0.25, 0.3) is 0 Å². The smallest absolute Gasteiger partial charge is 0.244 e. The van der Waals surface area contributed by atoms with Gasteiger partial charge >= 0.3 is 0 Å². The normalized spacial score (nSPS) is 17.1. The van der Waals surface area contributed by atoms with E-state index in [1.807, 2.05) is 36.9 Å². The molecule has 1 aromatic carbocycles. The molecule has 1 aliphatic rings. The zero-order chi connectivity index (χ0) is 13.8. The second-order valence-electron chi connectivity index (χ2n) is 4.88. The van der Waals surface area contributed by atoms with Gasteiger partial charge in [0.1, 0.15) is 6.04 Å². The Hall–Kier alpha value is -1.75. The van der Waals surface area contributed by atoms with Crippen molar-refractivity contribution >= 4 is 17.3 Å².